The van der Waals surface area contributed by atoms with Gasteiger partial charge in [0, 0.05) is 5.56 Å². The van der Waals surface area contributed by atoms with Crippen LogP contribution in [0.2, 0.25) is 0 Å². The van der Waals surface area contributed by atoms with E-state index in [1.165, 1.54) is 31.4 Å². The van der Waals surface area contributed by atoms with Crippen LogP contribution in [0.25, 0.3) is 6.08 Å². The molecule has 0 atom stereocenters. The zero-order chi connectivity index (χ0) is 27.2. The third-order valence-corrected chi connectivity index (χ3v) is 6.29. The van der Waals surface area contributed by atoms with E-state index in [1.54, 1.807) is 36.4 Å². The summed E-state index contributed by atoms with van der Waals surface area (Å²) in [6.07, 6.45) is 1.45. The van der Waals surface area contributed by atoms with Gasteiger partial charge in [-0.2, -0.15) is 5.26 Å². The molecule has 4 amide bonds. The largest absolute Gasteiger partial charge is 0.493 e. The summed E-state index contributed by atoms with van der Waals surface area (Å²) in [5.41, 5.74) is 1.67. The first-order chi connectivity index (χ1) is 18.3. The third kappa shape index (κ3) is 5.92. The standard InChI is InChI=1S/C27H20FIN4O5/c1-37-23-12-16(10-20(29)25(23)38-15-18-7-3-2-6-17(18)13-30)11-22-26(35)33(27(36)32-22)14-24(34)31-21-9-5-4-8-19(21)28/h2-12H,14-15H2,1H3,(H,31,34)(H,32,36)/b22-11+. The fourth-order valence-corrected chi connectivity index (χ4v) is 4.43. The molecule has 0 aromatic heterocycles. The monoisotopic (exact) mass is 626 g/mol. The predicted octanol–water partition coefficient (Wildman–Crippen LogP) is 4.42. The minimum atomic E-state index is -0.775. The number of hydrogen-bond donors (Lipinski definition) is 2. The summed E-state index contributed by atoms with van der Waals surface area (Å²) in [6, 6.07) is 17.4. The number of imide groups is 1. The second-order valence-corrected chi connectivity index (χ2v) is 9.16. The lowest BCUT2D eigenvalue weighted by Crippen LogP contribution is -2.38. The van der Waals surface area contributed by atoms with E-state index in [0.29, 0.717) is 26.2 Å². The molecule has 1 fully saturated rings. The Bertz CT molecular complexity index is 1500. The Morgan fingerprint density at radius 1 is 1.18 bits per heavy atom. The molecular weight excluding hydrogens is 606 g/mol. The Labute approximate surface area is 231 Å². The Balaban J connectivity index is 1.49. The summed E-state index contributed by atoms with van der Waals surface area (Å²) >= 11 is 2.06. The van der Waals surface area contributed by atoms with Crippen molar-refractivity contribution in [1.29, 1.82) is 5.26 Å². The zero-order valence-corrected chi connectivity index (χ0v) is 22.1. The van der Waals surface area contributed by atoms with Gasteiger partial charge >= 0.3 is 6.03 Å². The van der Waals surface area contributed by atoms with Crippen molar-refractivity contribution in [2.75, 3.05) is 19.0 Å². The molecule has 38 heavy (non-hydrogen) atoms. The van der Waals surface area contributed by atoms with Crippen LogP contribution in [0.1, 0.15) is 16.7 Å². The highest BCUT2D eigenvalue weighted by molar-refractivity contribution is 14.1. The number of carbonyl (C=O) groups is 3. The van der Waals surface area contributed by atoms with Crippen molar-refractivity contribution in [3.63, 3.8) is 0 Å². The van der Waals surface area contributed by atoms with Crippen LogP contribution in [-0.2, 0) is 16.2 Å². The number of anilines is 1. The van der Waals surface area contributed by atoms with Crippen LogP contribution in [0.4, 0.5) is 14.9 Å². The van der Waals surface area contributed by atoms with Crippen LogP contribution in [-0.4, -0.2) is 36.4 Å². The maximum atomic E-state index is 13.8. The molecule has 0 spiro atoms. The molecule has 0 radical (unpaired) electrons. The fraction of sp³-hybridized carbons (Fsp3) is 0.111. The number of methoxy groups -OCH3 is 1. The number of urea groups is 1. The number of benzene rings is 3. The van der Waals surface area contributed by atoms with E-state index >= 15 is 0 Å². The highest BCUT2D eigenvalue weighted by Gasteiger charge is 2.35. The summed E-state index contributed by atoms with van der Waals surface area (Å²) in [5, 5.41) is 14.1. The number of carbonyl (C=O) groups excluding carboxylic acids is 3. The van der Waals surface area contributed by atoms with Crippen LogP contribution in [0.15, 0.2) is 66.4 Å². The van der Waals surface area contributed by atoms with Gasteiger partial charge in [0.15, 0.2) is 11.5 Å². The topological polar surface area (TPSA) is 121 Å². The maximum absolute atomic E-state index is 13.8. The lowest BCUT2D eigenvalue weighted by Gasteiger charge is -2.14. The van der Waals surface area contributed by atoms with Crippen LogP contribution >= 0.6 is 22.6 Å². The molecule has 3 aromatic carbocycles. The van der Waals surface area contributed by atoms with Crippen molar-refractivity contribution in [3.05, 3.63) is 92.4 Å². The number of amides is 4. The SMILES string of the molecule is COc1cc(/C=C2/NC(=O)N(CC(=O)Nc3ccccc3F)C2=O)cc(I)c1OCc1ccccc1C#N. The first-order valence-electron chi connectivity index (χ1n) is 11.2. The molecule has 0 aliphatic carbocycles. The van der Waals surface area contributed by atoms with Crippen LogP contribution in [0.3, 0.4) is 0 Å². The maximum Gasteiger partial charge on any atom is 0.329 e. The molecule has 0 unspecified atom stereocenters. The van der Waals surface area contributed by atoms with Gasteiger partial charge in [-0.15, -0.1) is 0 Å². The summed E-state index contributed by atoms with van der Waals surface area (Å²) in [6.45, 7) is -0.441. The number of para-hydroxylation sites is 1. The molecule has 0 bridgehead atoms. The summed E-state index contributed by atoms with van der Waals surface area (Å²) in [5.74, 6) is -1.23. The van der Waals surface area contributed by atoms with E-state index in [9.17, 15) is 24.0 Å². The molecule has 3 aromatic rings. The Morgan fingerprint density at radius 3 is 2.66 bits per heavy atom. The number of ether oxygens (including phenoxy) is 2. The van der Waals surface area contributed by atoms with Crippen molar-refractivity contribution in [2.24, 2.45) is 0 Å². The second kappa shape index (κ2) is 11.7. The van der Waals surface area contributed by atoms with Gasteiger partial charge in [0.2, 0.25) is 5.91 Å². The van der Waals surface area contributed by atoms with Gasteiger partial charge in [-0.05, 0) is 64.6 Å². The van der Waals surface area contributed by atoms with E-state index in [2.05, 4.69) is 39.3 Å². The van der Waals surface area contributed by atoms with Crippen molar-refractivity contribution in [3.8, 4) is 17.6 Å². The van der Waals surface area contributed by atoms with Gasteiger partial charge in [-0.25, -0.2) is 14.1 Å². The molecule has 1 aliphatic heterocycles. The van der Waals surface area contributed by atoms with E-state index in [0.717, 1.165) is 10.5 Å². The van der Waals surface area contributed by atoms with E-state index < -0.39 is 30.2 Å². The van der Waals surface area contributed by atoms with Crippen molar-refractivity contribution >= 4 is 52.2 Å². The molecule has 9 nitrogen and oxygen atoms in total. The summed E-state index contributed by atoms with van der Waals surface area (Å²) < 4.78 is 25.9. The minimum absolute atomic E-state index is 0.0387. The second-order valence-electron chi connectivity index (χ2n) is 8.00. The van der Waals surface area contributed by atoms with Crippen LogP contribution in [0, 0.1) is 20.7 Å². The van der Waals surface area contributed by atoms with Gasteiger partial charge in [-0.1, -0.05) is 30.3 Å². The van der Waals surface area contributed by atoms with Crippen molar-refractivity contribution in [1.82, 2.24) is 10.2 Å². The normalized spacial score (nSPS) is 13.7. The first kappa shape index (κ1) is 26.6. The molecular formula is C27H20FIN4O5. The quantitative estimate of drug-likeness (QED) is 0.217. The van der Waals surface area contributed by atoms with Gasteiger partial charge < -0.3 is 20.1 Å². The number of halogens is 2. The highest BCUT2D eigenvalue weighted by Crippen LogP contribution is 2.35. The van der Waals surface area contributed by atoms with Crippen LogP contribution < -0.4 is 20.1 Å². The summed E-state index contributed by atoms with van der Waals surface area (Å²) in [4.78, 5) is 38.3. The molecule has 1 heterocycles. The molecule has 1 saturated heterocycles. The predicted molar refractivity (Wildman–Crippen MR) is 144 cm³/mol. The minimum Gasteiger partial charge on any atom is -0.493 e. The number of rotatable bonds is 8. The van der Waals surface area contributed by atoms with Gasteiger partial charge in [0.1, 0.15) is 24.7 Å². The molecule has 1 aliphatic rings. The van der Waals surface area contributed by atoms with E-state index in [4.69, 9.17) is 9.47 Å². The molecule has 0 saturated carbocycles. The fourth-order valence-electron chi connectivity index (χ4n) is 3.65. The summed E-state index contributed by atoms with van der Waals surface area (Å²) in [7, 11) is 1.47. The van der Waals surface area contributed by atoms with Crippen molar-refractivity contribution in [2.45, 2.75) is 6.61 Å². The van der Waals surface area contributed by atoms with Gasteiger partial charge in [-0.3, -0.25) is 9.59 Å². The van der Waals surface area contributed by atoms with Gasteiger partial charge in [0.05, 0.1) is 28.0 Å². The molecule has 4 rings (SSSR count). The Hall–Kier alpha value is -4.44. The van der Waals surface area contributed by atoms with Crippen molar-refractivity contribution < 1.29 is 28.2 Å². The van der Waals surface area contributed by atoms with Crippen LogP contribution in [0.5, 0.6) is 11.5 Å². The number of nitrogens with zero attached hydrogens (tertiary/aromatic N) is 2. The highest BCUT2D eigenvalue weighted by atomic mass is 127. The average Bonchev–Trinajstić information content (AvgIpc) is 3.16. The molecule has 192 valence electrons. The first-order valence-corrected chi connectivity index (χ1v) is 12.3. The molecule has 2 N–H and O–H groups in total. The smallest absolute Gasteiger partial charge is 0.329 e. The Kier molecular flexibility index (Phi) is 8.22. The zero-order valence-electron chi connectivity index (χ0n) is 20.0. The third-order valence-electron chi connectivity index (χ3n) is 5.48. The lowest BCUT2D eigenvalue weighted by molar-refractivity contribution is -0.127. The molecule has 11 heteroatoms. The van der Waals surface area contributed by atoms with E-state index in [-0.39, 0.29) is 18.0 Å². The number of nitriles is 1. The van der Waals surface area contributed by atoms with E-state index in [1.807, 2.05) is 6.07 Å². The number of hydrogen-bond acceptors (Lipinski definition) is 6. The van der Waals surface area contributed by atoms with Gasteiger partial charge in [0.25, 0.3) is 5.91 Å². The average molecular weight is 626 g/mol. The Morgan fingerprint density at radius 2 is 1.92 bits per heavy atom. The number of nitrogens with one attached hydrogen (secondary N) is 2. The lowest BCUT2D eigenvalue weighted by atomic mass is 10.1.